The summed E-state index contributed by atoms with van der Waals surface area (Å²) in [5.41, 5.74) is 5.17. The Labute approximate surface area is 169 Å². The largest absolute Gasteiger partial charge is 0.493 e. The molecule has 0 bridgehead atoms. The Balaban J connectivity index is 1.56. The van der Waals surface area contributed by atoms with Crippen molar-refractivity contribution in [3.63, 3.8) is 0 Å². The van der Waals surface area contributed by atoms with Crippen LogP contribution in [0.4, 0.5) is 0 Å². The minimum Gasteiger partial charge on any atom is -0.493 e. The van der Waals surface area contributed by atoms with Crippen LogP contribution in [0.2, 0.25) is 0 Å². The molecule has 0 atom stereocenters. The fourth-order valence-corrected chi connectivity index (χ4v) is 3.09. The number of rotatable bonds is 6. The summed E-state index contributed by atoms with van der Waals surface area (Å²) < 4.78 is 17.0. The summed E-state index contributed by atoms with van der Waals surface area (Å²) in [6.07, 6.45) is 0. The van der Waals surface area contributed by atoms with E-state index in [-0.39, 0.29) is 0 Å². The summed E-state index contributed by atoms with van der Waals surface area (Å²) >= 11 is 0. The van der Waals surface area contributed by atoms with Crippen LogP contribution in [0, 0.1) is 13.8 Å². The van der Waals surface area contributed by atoms with Crippen LogP contribution >= 0.6 is 0 Å². The maximum absolute atomic E-state index is 5.98. The Morgan fingerprint density at radius 3 is 2.52 bits per heavy atom. The molecule has 3 aromatic carbocycles. The lowest BCUT2D eigenvalue weighted by Gasteiger charge is -2.12. The van der Waals surface area contributed by atoms with Gasteiger partial charge in [0.2, 0.25) is 5.82 Å². The van der Waals surface area contributed by atoms with Crippen molar-refractivity contribution in [1.82, 2.24) is 10.1 Å². The van der Waals surface area contributed by atoms with Gasteiger partial charge in [-0.05, 0) is 55.3 Å². The minimum absolute atomic E-state index is 0.474. The van der Waals surface area contributed by atoms with Gasteiger partial charge in [0.1, 0.15) is 6.61 Å². The van der Waals surface area contributed by atoms with Crippen molar-refractivity contribution in [2.24, 2.45) is 0 Å². The molecule has 1 heterocycles. The standard InChI is InChI=1S/C24H22N2O3/c1-16-7-6-10-19(13-16)24-25-23(26-29-24)18-11-12-21(22(14-18)27-3)28-15-20-9-5-4-8-17(20)2/h4-14H,15H2,1-3H3. The number of aryl methyl sites for hydroxylation is 2. The number of nitrogens with zero attached hydrogens (tertiary/aromatic N) is 2. The van der Waals surface area contributed by atoms with E-state index in [4.69, 9.17) is 14.0 Å². The topological polar surface area (TPSA) is 57.4 Å². The van der Waals surface area contributed by atoms with Crippen LogP contribution in [0.5, 0.6) is 11.5 Å². The fourth-order valence-electron chi connectivity index (χ4n) is 3.09. The predicted molar refractivity (Wildman–Crippen MR) is 112 cm³/mol. The Bertz CT molecular complexity index is 1130. The van der Waals surface area contributed by atoms with Crippen molar-refractivity contribution < 1.29 is 14.0 Å². The van der Waals surface area contributed by atoms with Gasteiger partial charge in [0.25, 0.3) is 5.89 Å². The van der Waals surface area contributed by atoms with Gasteiger partial charge in [0.05, 0.1) is 7.11 Å². The van der Waals surface area contributed by atoms with Crippen LogP contribution in [-0.2, 0) is 6.61 Å². The minimum atomic E-state index is 0.474. The molecule has 0 radical (unpaired) electrons. The van der Waals surface area contributed by atoms with Crippen molar-refractivity contribution >= 4 is 0 Å². The van der Waals surface area contributed by atoms with Gasteiger partial charge in [-0.15, -0.1) is 0 Å². The lowest BCUT2D eigenvalue weighted by atomic mass is 10.1. The lowest BCUT2D eigenvalue weighted by Crippen LogP contribution is -1.99. The van der Waals surface area contributed by atoms with E-state index in [2.05, 4.69) is 29.2 Å². The van der Waals surface area contributed by atoms with Crippen LogP contribution < -0.4 is 9.47 Å². The molecule has 0 aliphatic rings. The average Bonchev–Trinajstić information content (AvgIpc) is 3.23. The number of hydrogen-bond donors (Lipinski definition) is 0. The van der Waals surface area contributed by atoms with Gasteiger partial charge < -0.3 is 14.0 Å². The molecule has 0 aliphatic carbocycles. The van der Waals surface area contributed by atoms with E-state index in [9.17, 15) is 0 Å². The highest BCUT2D eigenvalue weighted by Crippen LogP contribution is 2.33. The van der Waals surface area contributed by atoms with E-state index in [1.54, 1.807) is 7.11 Å². The highest BCUT2D eigenvalue weighted by atomic mass is 16.5. The number of benzene rings is 3. The highest BCUT2D eigenvalue weighted by molar-refractivity contribution is 5.63. The highest BCUT2D eigenvalue weighted by Gasteiger charge is 2.14. The van der Waals surface area contributed by atoms with Crippen molar-refractivity contribution in [2.45, 2.75) is 20.5 Å². The third-order valence-corrected chi connectivity index (χ3v) is 4.76. The van der Waals surface area contributed by atoms with Crippen LogP contribution in [0.3, 0.4) is 0 Å². The van der Waals surface area contributed by atoms with E-state index in [1.807, 2.05) is 61.5 Å². The average molecular weight is 386 g/mol. The normalized spacial score (nSPS) is 10.7. The fraction of sp³-hybridized carbons (Fsp3) is 0.167. The van der Waals surface area contributed by atoms with E-state index in [0.717, 1.165) is 22.3 Å². The van der Waals surface area contributed by atoms with Crippen LogP contribution in [0.15, 0.2) is 71.3 Å². The van der Waals surface area contributed by atoms with Gasteiger partial charge >= 0.3 is 0 Å². The Morgan fingerprint density at radius 2 is 1.72 bits per heavy atom. The van der Waals surface area contributed by atoms with E-state index < -0.39 is 0 Å². The van der Waals surface area contributed by atoms with Gasteiger partial charge in [-0.1, -0.05) is 47.1 Å². The molecular formula is C24H22N2O3. The van der Waals surface area contributed by atoms with Crippen molar-refractivity contribution in [3.8, 4) is 34.3 Å². The Morgan fingerprint density at radius 1 is 0.862 bits per heavy atom. The zero-order chi connectivity index (χ0) is 20.2. The molecule has 0 unspecified atom stereocenters. The van der Waals surface area contributed by atoms with Crippen LogP contribution in [0.1, 0.15) is 16.7 Å². The Hall–Kier alpha value is -3.60. The number of aromatic nitrogens is 2. The molecule has 4 rings (SSSR count). The zero-order valence-corrected chi connectivity index (χ0v) is 16.7. The molecule has 4 aromatic rings. The van der Waals surface area contributed by atoms with Crippen molar-refractivity contribution in [2.75, 3.05) is 7.11 Å². The molecule has 0 saturated carbocycles. The third-order valence-electron chi connectivity index (χ3n) is 4.76. The van der Waals surface area contributed by atoms with Crippen molar-refractivity contribution in [1.29, 1.82) is 0 Å². The first kappa shape index (κ1) is 18.7. The molecule has 0 spiro atoms. The summed E-state index contributed by atoms with van der Waals surface area (Å²) in [5.74, 6) is 2.28. The molecule has 29 heavy (non-hydrogen) atoms. The molecule has 0 fully saturated rings. The molecule has 0 amide bonds. The van der Waals surface area contributed by atoms with Gasteiger partial charge in [0.15, 0.2) is 11.5 Å². The zero-order valence-electron chi connectivity index (χ0n) is 16.7. The van der Waals surface area contributed by atoms with Crippen LogP contribution in [0.25, 0.3) is 22.8 Å². The first-order chi connectivity index (χ1) is 14.1. The monoisotopic (exact) mass is 386 g/mol. The molecule has 0 N–H and O–H groups in total. The molecule has 0 aliphatic heterocycles. The second kappa shape index (κ2) is 8.19. The molecule has 0 saturated heterocycles. The lowest BCUT2D eigenvalue weighted by molar-refractivity contribution is 0.284. The summed E-state index contributed by atoms with van der Waals surface area (Å²) in [7, 11) is 1.62. The molecule has 146 valence electrons. The predicted octanol–water partition coefficient (Wildman–Crippen LogP) is 5.61. The first-order valence-corrected chi connectivity index (χ1v) is 9.40. The summed E-state index contributed by atoms with van der Waals surface area (Å²) in [6.45, 7) is 4.57. The Kier molecular flexibility index (Phi) is 5.29. The quantitative estimate of drug-likeness (QED) is 0.431. The summed E-state index contributed by atoms with van der Waals surface area (Å²) in [6, 6.07) is 21.8. The van der Waals surface area contributed by atoms with Gasteiger partial charge in [0, 0.05) is 11.1 Å². The number of methoxy groups -OCH3 is 1. The molecule has 5 nitrogen and oxygen atoms in total. The maximum Gasteiger partial charge on any atom is 0.258 e. The molecule has 5 heteroatoms. The smallest absolute Gasteiger partial charge is 0.258 e. The second-order valence-electron chi connectivity index (χ2n) is 6.87. The summed E-state index contributed by atoms with van der Waals surface area (Å²) in [4.78, 5) is 4.53. The molecular weight excluding hydrogens is 364 g/mol. The van der Waals surface area contributed by atoms with E-state index in [1.165, 1.54) is 5.56 Å². The first-order valence-electron chi connectivity index (χ1n) is 9.40. The van der Waals surface area contributed by atoms with Crippen molar-refractivity contribution in [3.05, 3.63) is 83.4 Å². The number of ether oxygens (including phenoxy) is 2. The van der Waals surface area contributed by atoms with E-state index in [0.29, 0.717) is 29.8 Å². The third kappa shape index (κ3) is 4.14. The second-order valence-corrected chi connectivity index (χ2v) is 6.87. The van der Waals surface area contributed by atoms with Crippen LogP contribution in [-0.4, -0.2) is 17.3 Å². The van der Waals surface area contributed by atoms with Gasteiger partial charge in [-0.3, -0.25) is 0 Å². The maximum atomic E-state index is 5.98. The summed E-state index contributed by atoms with van der Waals surface area (Å²) in [5, 5.41) is 4.12. The van der Waals surface area contributed by atoms with Gasteiger partial charge in [-0.25, -0.2) is 0 Å². The molecule has 1 aromatic heterocycles. The SMILES string of the molecule is COc1cc(-c2noc(-c3cccc(C)c3)n2)ccc1OCc1ccccc1C. The van der Waals surface area contributed by atoms with E-state index >= 15 is 0 Å². The van der Waals surface area contributed by atoms with Gasteiger partial charge in [-0.2, -0.15) is 4.98 Å². The number of hydrogen-bond acceptors (Lipinski definition) is 5.